The molecule has 25 heavy (non-hydrogen) atoms. The maximum absolute atomic E-state index is 6.17. The van der Waals surface area contributed by atoms with Gasteiger partial charge in [-0.05, 0) is 37.1 Å². The van der Waals surface area contributed by atoms with Gasteiger partial charge in [0.2, 0.25) is 0 Å². The number of hydrogen-bond donors (Lipinski definition) is 1. The predicted molar refractivity (Wildman–Crippen MR) is 106 cm³/mol. The van der Waals surface area contributed by atoms with Gasteiger partial charge in [0, 0.05) is 34.3 Å². The van der Waals surface area contributed by atoms with Crippen LogP contribution in [-0.2, 0) is 11.3 Å². The molecule has 3 nitrogen and oxygen atoms in total. The summed E-state index contributed by atoms with van der Waals surface area (Å²) in [6, 6.07) is 13.1. The molecule has 1 fully saturated rings. The first kappa shape index (κ1) is 18.5. The molecule has 2 aromatic rings. The molecule has 1 saturated heterocycles. The van der Waals surface area contributed by atoms with Gasteiger partial charge < -0.3 is 14.8 Å². The van der Waals surface area contributed by atoms with Crippen molar-refractivity contribution >= 4 is 40.4 Å². The minimum Gasteiger partial charge on any atom is -0.489 e. The fraction of sp³-hybridized carbons (Fsp3) is 0.316. The number of hydrogen-bond acceptors (Lipinski definition) is 3. The largest absolute Gasteiger partial charge is 0.489 e. The Morgan fingerprint density at radius 1 is 1.20 bits per heavy atom. The molecule has 1 heterocycles. The van der Waals surface area contributed by atoms with Gasteiger partial charge in [-0.2, -0.15) is 0 Å². The zero-order valence-electron chi connectivity index (χ0n) is 13.6. The molecule has 1 aliphatic heterocycles. The van der Waals surface area contributed by atoms with Crippen molar-refractivity contribution in [1.29, 1.82) is 0 Å². The van der Waals surface area contributed by atoms with E-state index in [0.717, 1.165) is 42.9 Å². The summed E-state index contributed by atoms with van der Waals surface area (Å²) in [6.07, 6.45) is 2.45. The molecule has 1 aliphatic rings. The van der Waals surface area contributed by atoms with E-state index in [0.29, 0.717) is 21.6 Å². The molecular weight excluding hydrogens is 377 g/mol. The molecule has 0 bridgehead atoms. The Bertz CT molecular complexity index is 728. The molecule has 0 amide bonds. The van der Waals surface area contributed by atoms with E-state index < -0.39 is 0 Å². The fourth-order valence-corrected chi connectivity index (χ4v) is 3.38. The van der Waals surface area contributed by atoms with E-state index in [1.54, 1.807) is 12.1 Å². The van der Waals surface area contributed by atoms with Gasteiger partial charge in [-0.3, -0.25) is 0 Å². The topological polar surface area (TPSA) is 30.5 Å². The first-order chi connectivity index (χ1) is 12.1. The van der Waals surface area contributed by atoms with Crippen LogP contribution in [-0.4, -0.2) is 24.2 Å². The maximum atomic E-state index is 6.17. The van der Waals surface area contributed by atoms with Gasteiger partial charge in [0.15, 0.2) is 0 Å². The second-order valence-corrected chi connectivity index (χ2v) is 7.08. The van der Waals surface area contributed by atoms with E-state index in [1.165, 1.54) is 0 Å². The lowest BCUT2D eigenvalue weighted by atomic mass is 10.2. The van der Waals surface area contributed by atoms with Gasteiger partial charge >= 0.3 is 0 Å². The van der Waals surface area contributed by atoms with E-state index in [-0.39, 0.29) is 6.10 Å². The smallest absolute Gasteiger partial charge is 0.120 e. The number of rotatable bonds is 6. The highest BCUT2D eigenvalue weighted by atomic mass is 35.5. The molecule has 0 unspecified atom stereocenters. The lowest BCUT2D eigenvalue weighted by molar-refractivity contribution is 0.114. The van der Waals surface area contributed by atoms with Crippen molar-refractivity contribution in [3.63, 3.8) is 0 Å². The van der Waals surface area contributed by atoms with Gasteiger partial charge in [-0.25, -0.2) is 0 Å². The second kappa shape index (κ2) is 8.86. The highest BCUT2D eigenvalue weighted by Gasteiger charge is 2.15. The average Bonchev–Trinajstić information content (AvgIpc) is 3.13. The molecule has 1 atom stereocenters. The number of thiocarbonyl (C=S) groups is 1. The molecular formula is C19H19Cl2NO2S. The van der Waals surface area contributed by atoms with Crippen molar-refractivity contribution in [1.82, 2.24) is 5.32 Å². The molecule has 6 heteroatoms. The second-order valence-electron chi connectivity index (χ2n) is 5.86. The van der Waals surface area contributed by atoms with Gasteiger partial charge in [0.05, 0.1) is 6.10 Å². The van der Waals surface area contributed by atoms with Crippen molar-refractivity contribution in [2.75, 3.05) is 13.2 Å². The van der Waals surface area contributed by atoms with Gasteiger partial charge in [-0.15, -0.1) is 0 Å². The number of halogens is 2. The van der Waals surface area contributed by atoms with E-state index >= 15 is 0 Å². The predicted octanol–water partition coefficient (Wildman–Crippen LogP) is 5.02. The Kier molecular flexibility index (Phi) is 6.54. The Morgan fingerprint density at radius 2 is 1.96 bits per heavy atom. The minimum absolute atomic E-state index is 0.250. The first-order valence-corrected chi connectivity index (χ1v) is 9.35. The zero-order valence-corrected chi connectivity index (χ0v) is 16.0. The summed E-state index contributed by atoms with van der Waals surface area (Å²) >= 11 is 17.8. The van der Waals surface area contributed by atoms with Crippen molar-refractivity contribution in [2.24, 2.45) is 0 Å². The van der Waals surface area contributed by atoms with E-state index in [1.807, 2.05) is 30.3 Å². The standard InChI is InChI=1S/C19H19Cl2NO2S/c20-17-7-2-8-18(21)16(17)12-24-14-5-1-4-13(10-14)19(25)22-11-15-6-3-9-23-15/h1-2,4-5,7-8,10,15H,3,6,9,11-12H2,(H,22,25)/t15-/m0/s1. The third-order valence-electron chi connectivity index (χ3n) is 4.06. The Labute approximate surface area is 163 Å². The quantitative estimate of drug-likeness (QED) is 0.695. The summed E-state index contributed by atoms with van der Waals surface area (Å²) in [5, 5.41) is 4.46. The fourth-order valence-electron chi connectivity index (χ4n) is 2.67. The summed E-state index contributed by atoms with van der Waals surface area (Å²) in [4.78, 5) is 0.691. The highest BCUT2D eigenvalue weighted by molar-refractivity contribution is 7.80. The summed E-state index contributed by atoms with van der Waals surface area (Å²) < 4.78 is 11.4. The average molecular weight is 396 g/mol. The number of nitrogens with one attached hydrogen (secondary N) is 1. The van der Waals surface area contributed by atoms with Crippen LogP contribution >= 0.6 is 35.4 Å². The summed E-state index contributed by atoms with van der Waals surface area (Å²) in [5.74, 6) is 0.717. The van der Waals surface area contributed by atoms with Crippen LogP contribution in [0.4, 0.5) is 0 Å². The molecule has 3 rings (SSSR count). The van der Waals surface area contributed by atoms with Crippen LogP contribution in [0.25, 0.3) is 0 Å². The number of ether oxygens (including phenoxy) is 2. The molecule has 132 valence electrons. The SMILES string of the molecule is S=C(NC[C@@H]1CCCO1)c1cccc(OCc2c(Cl)cccc2Cl)c1. The lowest BCUT2D eigenvalue weighted by Gasteiger charge is -2.14. The molecule has 0 saturated carbocycles. The van der Waals surface area contributed by atoms with Crippen LogP contribution in [0.1, 0.15) is 24.0 Å². The summed E-state index contributed by atoms with van der Waals surface area (Å²) in [5.41, 5.74) is 1.69. The van der Waals surface area contributed by atoms with Crippen molar-refractivity contribution in [2.45, 2.75) is 25.6 Å². The van der Waals surface area contributed by atoms with Crippen molar-refractivity contribution in [3.05, 3.63) is 63.6 Å². The first-order valence-electron chi connectivity index (χ1n) is 8.19. The Hall–Kier alpha value is -1.33. The van der Waals surface area contributed by atoms with Crippen molar-refractivity contribution < 1.29 is 9.47 Å². The van der Waals surface area contributed by atoms with Crippen LogP contribution in [0.15, 0.2) is 42.5 Å². The number of benzene rings is 2. The van der Waals surface area contributed by atoms with Crippen LogP contribution in [0.3, 0.4) is 0 Å². The minimum atomic E-state index is 0.250. The normalized spacial score (nSPS) is 16.6. The Morgan fingerprint density at radius 3 is 2.68 bits per heavy atom. The lowest BCUT2D eigenvalue weighted by Crippen LogP contribution is -2.31. The molecule has 0 aliphatic carbocycles. The summed E-state index contributed by atoms with van der Waals surface area (Å²) in [7, 11) is 0. The van der Waals surface area contributed by atoms with Crippen LogP contribution < -0.4 is 10.1 Å². The van der Waals surface area contributed by atoms with Crippen LogP contribution in [0, 0.1) is 0 Å². The molecule has 2 aromatic carbocycles. The van der Waals surface area contributed by atoms with E-state index in [4.69, 9.17) is 44.9 Å². The van der Waals surface area contributed by atoms with Gasteiger partial charge in [0.25, 0.3) is 0 Å². The molecule has 0 spiro atoms. The molecule has 1 N–H and O–H groups in total. The van der Waals surface area contributed by atoms with E-state index in [2.05, 4.69) is 5.32 Å². The molecule has 0 radical (unpaired) electrons. The third kappa shape index (κ3) is 5.08. The van der Waals surface area contributed by atoms with Crippen molar-refractivity contribution in [3.8, 4) is 5.75 Å². The monoisotopic (exact) mass is 395 g/mol. The summed E-state index contributed by atoms with van der Waals surface area (Å²) in [6.45, 7) is 1.88. The highest BCUT2D eigenvalue weighted by Crippen LogP contribution is 2.26. The Balaban J connectivity index is 1.60. The zero-order chi connectivity index (χ0) is 17.6. The van der Waals surface area contributed by atoms with Gasteiger partial charge in [0.1, 0.15) is 17.3 Å². The molecule has 0 aromatic heterocycles. The van der Waals surface area contributed by atoms with Crippen LogP contribution in [0.5, 0.6) is 5.75 Å². The maximum Gasteiger partial charge on any atom is 0.120 e. The van der Waals surface area contributed by atoms with Gasteiger partial charge in [-0.1, -0.05) is 53.6 Å². The van der Waals surface area contributed by atoms with E-state index in [9.17, 15) is 0 Å². The third-order valence-corrected chi connectivity index (χ3v) is 5.14. The van der Waals surface area contributed by atoms with Crippen LogP contribution in [0.2, 0.25) is 10.0 Å².